The van der Waals surface area contributed by atoms with Gasteiger partial charge in [0.15, 0.2) is 0 Å². The molecular formula is C24H21FN4O2. The molecule has 0 spiro atoms. The first kappa shape index (κ1) is 19.1. The maximum atomic E-state index is 14.0. The molecule has 0 saturated carbocycles. The molecule has 0 radical (unpaired) electrons. The molecule has 0 saturated heterocycles. The number of benzene rings is 2. The van der Waals surface area contributed by atoms with Crippen molar-refractivity contribution in [2.24, 2.45) is 0 Å². The number of aromatic nitrogens is 2. The molecule has 1 aliphatic rings. The highest BCUT2D eigenvalue weighted by molar-refractivity contribution is 6.04. The lowest BCUT2D eigenvalue weighted by Crippen LogP contribution is -2.24. The first-order valence-corrected chi connectivity index (χ1v) is 9.84. The Labute approximate surface area is 179 Å². The Hall–Kier alpha value is -3.87. The Bertz CT molecular complexity index is 1280. The lowest BCUT2D eigenvalue weighted by Gasteiger charge is -2.20. The molecule has 0 atom stereocenters. The molecule has 0 N–H and O–H groups in total. The second-order valence-electron chi connectivity index (χ2n) is 7.39. The van der Waals surface area contributed by atoms with E-state index >= 15 is 0 Å². The number of ether oxygens (including phenoxy) is 2. The molecule has 0 bridgehead atoms. The van der Waals surface area contributed by atoms with Crippen molar-refractivity contribution in [2.45, 2.75) is 0 Å². The molecule has 0 amide bonds. The molecule has 7 heteroatoms. The summed E-state index contributed by atoms with van der Waals surface area (Å²) in [7, 11) is 5.22. The highest BCUT2D eigenvalue weighted by Crippen LogP contribution is 2.45. The topological polar surface area (TPSA) is 50.7 Å². The Morgan fingerprint density at radius 2 is 1.81 bits per heavy atom. The van der Waals surface area contributed by atoms with Gasteiger partial charge in [-0.05, 0) is 42.0 Å². The van der Waals surface area contributed by atoms with Crippen LogP contribution in [0.3, 0.4) is 0 Å². The summed E-state index contributed by atoms with van der Waals surface area (Å²) < 4.78 is 24.7. The van der Waals surface area contributed by atoms with Crippen molar-refractivity contribution in [3.05, 3.63) is 66.7 Å². The maximum absolute atomic E-state index is 14.0. The van der Waals surface area contributed by atoms with Crippen molar-refractivity contribution in [3.63, 3.8) is 0 Å². The van der Waals surface area contributed by atoms with Gasteiger partial charge in [-0.2, -0.15) is 0 Å². The second-order valence-corrected chi connectivity index (χ2v) is 7.39. The summed E-state index contributed by atoms with van der Waals surface area (Å²) in [6.07, 6.45) is 3.69. The minimum Gasteiger partial charge on any atom is -0.496 e. The normalized spacial score (nSPS) is 12.9. The maximum Gasteiger partial charge on any atom is 0.213 e. The molecule has 5 rings (SSSR count). The lowest BCUT2D eigenvalue weighted by molar-refractivity contribution is 0.398. The number of hydrogen-bond acceptors (Lipinski definition) is 6. The number of methoxy groups -OCH3 is 2. The molecule has 31 heavy (non-hydrogen) atoms. The summed E-state index contributed by atoms with van der Waals surface area (Å²) >= 11 is 0. The average molecular weight is 416 g/mol. The van der Waals surface area contributed by atoms with Crippen LogP contribution in [0.25, 0.3) is 22.0 Å². The molecule has 4 aromatic rings. The molecule has 0 fully saturated rings. The summed E-state index contributed by atoms with van der Waals surface area (Å²) in [5.41, 5.74) is 5.43. The zero-order valence-corrected chi connectivity index (χ0v) is 17.5. The number of hydrogen-bond donors (Lipinski definition) is 0. The number of fused-ring (bicyclic) bond motifs is 3. The molecule has 0 aliphatic carbocycles. The molecular weight excluding hydrogens is 395 g/mol. The predicted octanol–water partition coefficient (Wildman–Crippen LogP) is 5.00. The van der Waals surface area contributed by atoms with Crippen LogP contribution < -0.4 is 19.3 Å². The highest BCUT2D eigenvalue weighted by atomic mass is 19.1. The molecule has 3 heterocycles. The number of rotatable bonds is 4. The first-order chi connectivity index (χ1) is 15.1. The van der Waals surface area contributed by atoms with Crippen molar-refractivity contribution < 1.29 is 13.9 Å². The van der Waals surface area contributed by atoms with Crippen LogP contribution in [-0.4, -0.2) is 37.9 Å². The Morgan fingerprint density at radius 1 is 0.935 bits per heavy atom. The van der Waals surface area contributed by atoms with Crippen molar-refractivity contribution >= 4 is 28.0 Å². The standard InChI is InChI=1S/C24H21FN4O2/c1-28-14-29(17-6-9-23(31-3)27-12-17)24-19-10-15(4-7-20(19)26-13-21(24)28)18-11-16(25)5-8-22(18)30-2/h4-13H,14H2,1-3H3. The molecule has 1 aliphatic heterocycles. The Kier molecular flexibility index (Phi) is 4.58. The number of anilines is 3. The summed E-state index contributed by atoms with van der Waals surface area (Å²) in [5, 5.41) is 0.974. The summed E-state index contributed by atoms with van der Waals surface area (Å²) in [6, 6.07) is 14.3. The van der Waals surface area contributed by atoms with Crippen LogP contribution in [0.5, 0.6) is 11.6 Å². The predicted molar refractivity (Wildman–Crippen MR) is 120 cm³/mol. The van der Waals surface area contributed by atoms with Crippen molar-refractivity contribution in [1.82, 2.24) is 9.97 Å². The number of halogens is 1. The Balaban J connectivity index is 1.70. The monoisotopic (exact) mass is 416 g/mol. The third kappa shape index (κ3) is 3.18. The fourth-order valence-electron chi connectivity index (χ4n) is 4.03. The van der Waals surface area contributed by atoms with Gasteiger partial charge in [0.2, 0.25) is 5.88 Å². The van der Waals surface area contributed by atoms with E-state index in [1.807, 2.05) is 43.6 Å². The van der Waals surface area contributed by atoms with Crippen LogP contribution in [0, 0.1) is 5.82 Å². The van der Waals surface area contributed by atoms with Gasteiger partial charge in [-0.1, -0.05) is 6.07 Å². The van der Waals surface area contributed by atoms with E-state index in [0.29, 0.717) is 23.9 Å². The minimum atomic E-state index is -0.307. The van der Waals surface area contributed by atoms with E-state index in [1.54, 1.807) is 26.5 Å². The van der Waals surface area contributed by atoms with E-state index in [9.17, 15) is 4.39 Å². The fraction of sp³-hybridized carbons (Fsp3) is 0.167. The van der Waals surface area contributed by atoms with Gasteiger partial charge < -0.3 is 19.3 Å². The molecule has 0 unspecified atom stereocenters. The lowest BCUT2D eigenvalue weighted by atomic mass is 10.0. The van der Waals surface area contributed by atoms with Gasteiger partial charge in [0, 0.05) is 24.1 Å². The summed E-state index contributed by atoms with van der Waals surface area (Å²) in [6.45, 7) is 0.664. The van der Waals surface area contributed by atoms with E-state index in [0.717, 1.165) is 33.5 Å². The SMILES string of the molecule is COc1ccc(N2CN(C)c3cnc4ccc(-c5cc(F)ccc5OC)cc4c32)cn1. The molecule has 2 aromatic carbocycles. The van der Waals surface area contributed by atoms with Crippen LogP contribution in [0.15, 0.2) is 60.9 Å². The Morgan fingerprint density at radius 3 is 2.55 bits per heavy atom. The van der Waals surface area contributed by atoms with Gasteiger partial charge in [-0.15, -0.1) is 0 Å². The quantitative estimate of drug-likeness (QED) is 0.467. The van der Waals surface area contributed by atoms with Gasteiger partial charge in [0.25, 0.3) is 0 Å². The minimum absolute atomic E-state index is 0.307. The van der Waals surface area contributed by atoms with Gasteiger partial charge in [0.05, 0.1) is 55.9 Å². The highest BCUT2D eigenvalue weighted by Gasteiger charge is 2.28. The average Bonchev–Trinajstić information content (AvgIpc) is 3.15. The van der Waals surface area contributed by atoms with Crippen LogP contribution >= 0.6 is 0 Å². The third-order valence-electron chi connectivity index (χ3n) is 5.57. The third-order valence-corrected chi connectivity index (χ3v) is 5.57. The van der Waals surface area contributed by atoms with E-state index in [4.69, 9.17) is 9.47 Å². The largest absolute Gasteiger partial charge is 0.496 e. The fourth-order valence-corrected chi connectivity index (χ4v) is 4.03. The van der Waals surface area contributed by atoms with Gasteiger partial charge in [0.1, 0.15) is 11.6 Å². The molecule has 156 valence electrons. The van der Waals surface area contributed by atoms with Crippen molar-refractivity contribution in [3.8, 4) is 22.8 Å². The van der Waals surface area contributed by atoms with Crippen molar-refractivity contribution in [1.29, 1.82) is 0 Å². The van der Waals surface area contributed by atoms with E-state index < -0.39 is 0 Å². The van der Waals surface area contributed by atoms with E-state index in [1.165, 1.54) is 12.1 Å². The van der Waals surface area contributed by atoms with E-state index in [-0.39, 0.29) is 5.82 Å². The smallest absolute Gasteiger partial charge is 0.213 e. The van der Waals surface area contributed by atoms with Gasteiger partial charge in [-0.3, -0.25) is 4.98 Å². The second kappa shape index (κ2) is 7.43. The summed E-state index contributed by atoms with van der Waals surface area (Å²) in [4.78, 5) is 13.3. The van der Waals surface area contributed by atoms with E-state index in [2.05, 4.69) is 19.8 Å². The zero-order chi connectivity index (χ0) is 21.5. The van der Waals surface area contributed by atoms with Crippen LogP contribution in [0.1, 0.15) is 0 Å². The van der Waals surface area contributed by atoms with Crippen molar-refractivity contribution in [2.75, 3.05) is 37.7 Å². The molecule has 6 nitrogen and oxygen atoms in total. The number of pyridine rings is 2. The van der Waals surface area contributed by atoms with Crippen LogP contribution in [-0.2, 0) is 0 Å². The van der Waals surface area contributed by atoms with Gasteiger partial charge in [-0.25, -0.2) is 9.37 Å². The van der Waals surface area contributed by atoms with Crippen LogP contribution in [0.4, 0.5) is 21.5 Å². The first-order valence-electron chi connectivity index (χ1n) is 9.84. The molecule has 2 aromatic heterocycles. The zero-order valence-electron chi connectivity index (χ0n) is 17.5. The number of nitrogens with zero attached hydrogens (tertiary/aromatic N) is 4. The van der Waals surface area contributed by atoms with Crippen LogP contribution in [0.2, 0.25) is 0 Å². The van der Waals surface area contributed by atoms with Gasteiger partial charge >= 0.3 is 0 Å². The summed E-state index contributed by atoms with van der Waals surface area (Å²) in [5.74, 6) is 0.879.